The lowest BCUT2D eigenvalue weighted by Crippen LogP contribution is -2.38. The van der Waals surface area contributed by atoms with Gasteiger partial charge in [-0.25, -0.2) is 4.79 Å². The van der Waals surface area contributed by atoms with Crippen LogP contribution < -0.4 is 10.6 Å². The molecule has 1 aromatic heterocycles. The third-order valence-electron chi connectivity index (χ3n) is 4.94. The van der Waals surface area contributed by atoms with Gasteiger partial charge in [0.05, 0.1) is 17.1 Å². The zero-order valence-corrected chi connectivity index (χ0v) is 13.4. The van der Waals surface area contributed by atoms with Crippen LogP contribution in [0.1, 0.15) is 30.7 Å². The zero-order valence-electron chi connectivity index (χ0n) is 12.6. The molecule has 4 nitrogen and oxygen atoms in total. The fourth-order valence-electron chi connectivity index (χ4n) is 3.78. The van der Waals surface area contributed by atoms with Gasteiger partial charge in [0.25, 0.3) is 0 Å². The van der Waals surface area contributed by atoms with E-state index in [0.29, 0.717) is 5.92 Å². The van der Waals surface area contributed by atoms with E-state index in [0.717, 1.165) is 35.4 Å². The molecule has 2 fully saturated rings. The van der Waals surface area contributed by atoms with Gasteiger partial charge in [-0.3, -0.25) is 4.98 Å². The molecule has 3 unspecified atom stereocenters. The highest BCUT2D eigenvalue weighted by atomic mass is 35.5. The summed E-state index contributed by atoms with van der Waals surface area (Å²) in [5, 5.41) is 6.83. The lowest BCUT2D eigenvalue weighted by molar-refractivity contribution is 0.247. The molecule has 1 aliphatic heterocycles. The SMILES string of the molecule is O=C1NC2CCC(c3cccc(-c4ccncc4)c3Cl)CC2N1. The van der Waals surface area contributed by atoms with Gasteiger partial charge in [0.2, 0.25) is 0 Å². The highest BCUT2D eigenvalue weighted by Crippen LogP contribution is 2.41. The van der Waals surface area contributed by atoms with Crippen LogP contribution in [0.3, 0.4) is 0 Å². The molecule has 2 amide bonds. The molecule has 118 valence electrons. The van der Waals surface area contributed by atoms with Crippen LogP contribution >= 0.6 is 11.6 Å². The van der Waals surface area contributed by atoms with Crippen LogP contribution in [0.15, 0.2) is 42.7 Å². The third-order valence-corrected chi connectivity index (χ3v) is 5.36. The summed E-state index contributed by atoms with van der Waals surface area (Å²) in [7, 11) is 0. The molecular formula is C18H18ClN3O. The number of amides is 2. The fraction of sp³-hybridized carbons (Fsp3) is 0.333. The second-order valence-electron chi connectivity index (χ2n) is 6.29. The number of urea groups is 1. The van der Waals surface area contributed by atoms with Crippen LogP contribution in [0, 0.1) is 0 Å². The molecule has 2 N–H and O–H groups in total. The topological polar surface area (TPSA) is 54.0 Å². The average Bonchev–Trinajstić information content (AvgIpc) is 2.95. The van der Waals surface area contributed by atoms with Crippen molar-refractivity contribution in [2.75, 3.05) is 0 Å². The van der Waals surface area contributed by atoms with E-state index in [1.807, 2.05) is 18.2 Å². The molecule has 23 heavy (non-hydrogen) atoms. The molecule has 0 spiro atoms. The summed E-state index contributed by atoms with van der Waals surface area (Å²) < 4.78 is 0. The number of benzene rings is 1. The fourth-order valence-corrected chi connectivity index (χ4v) is 4.17. The Kier molecular flexibility index (Phi) is 3.69. The summed E-state index contributed by atoms with van der Waals surface area (Å²) in [5.74, 6) is 0.380. The largest absolute Gasteiger partial charge is 0.333 e. The number of pyridine rings is 1. The zero-order chi connectivity index (χ0) is 15.8. The summed E-state index contributed by atoms with van der Waals surface area (Å²) >= 11 is 6.72. The van der Waals surface area contributed by atoms with E-state index in [-0.39, 0.29) is 18.1 Å². The molecule has 1 aromatic carbocycles. The maximum Gasteiger partial charge on any atom is 0.315 e. The van der Waals surface area contributed by atoms with Crippen LogP contribution in [0.4, 0.5) is 4.79 Å². The molecule has 4 rings (SSSR count). The highest BCUT2D eigenvalue weighted by molar-refractivity contribution is 6.34. The van der Waals surface area contributed by atoms with Crippen molar-refractivity contribution in [3.05, 3.63) is 53.3 Å². The van der Waals surface area contributed by atoms with Crippen LogP contribution in [0.5, 0.6) is 0 Å². The number of rotatable bonds is 2. The molecule has 2 aliphatic rings. The Labute approximate surface area is 140 Å². The first kappa shape index (κ1) is 14.5. The van der Waals surface area contributed by atoms with Crippen LogP contribution in [0.2, 0.25) is 5.02 Å². The van der Waals surface area contributed by atoms with Crippen molar-refractivity contribution >= 4 is 17.6 Å². The van der Waals surface area contributed by atoms with Gasteiger partial charge in [0, 0.05) is 18.0 Å². The number of halogens is 1. The quantitative estimate of drug-likeness (QED) is 0.883. The molecule has 2 aromatic rings. The minimum Gasteiger partial charge on any atom is -0.333 e. The second kappa shape index (κ2) is 5.85. The van der Waals surface area contributed by atoms with Crippen molar-refractivity contribution in [3.63, 3.8) is 0 Å². The number of hydrogen-bond acceptors (Lipinski definition) is 2. The Morgan fingerprint density at radius 2 is 1.83 bits per heavy atom. The minimum atomic E-state index is -0.0442. The number of aromatic nitrogens is 1. The molecular weight excluding hydrogens is 310 g/mol. The maximum absolute atomic E-state index is 11.5. The predicted molar refractivity (Wildman–Crippen MR) is 90.5 cm³/mol. The lowest BCUT2D eigenvalue weighted by atomic mass is 9.79. The first-order valence-corrected chi connectivity index (χ1v) is 8.36. The number of carbonyl (C=O) groups excluding carboxylic acids is 1. The van der Waals surface area contributed by atoms with Gasteiger partial charge >= 0.3 is 6.03 Å². The Hall–Kier alpha value is -2.07. The van der Waals surface area contributed by atoms with E-state index in [4.69, 9.17) is 11.6 Å². The van der Waals surface area contributed by atoms with Gasteiger partial charge in [-0.1, -0.05) is 29.8 Å². The van der Waals surface area contributed by atoms with E-state index >= 15 is 0 Å². The van der Waals surface area contributed by atoms with Gasteiger partial charge < -0.3 is 10.6 Å². The van der Waals surface area contributed by atoms with Crippen LogP contribution in [0.25, 0.3) is 11.1 Å². The lowest BCUT2D eigenvalue weighted by Gasteiger charge is -2.31. The van der Waals surface area contributed by atoms with Gasteiger partial charge in [0.15, 0.2) is 0 Å². The Bertz CT molecular complexity index is 734. The van der Waals surface area contributed by atoms with E-state index in [1.165, 1.54) is 5.56 Å². The van der Waals surface area contributed by atoms with Gasteiger partial charge in [-0.05, 0) is 48.4 Å². The molecule has 2 heterocycles. The van der Waals surface area contributed by atoms with Crippen molar-refractivity contribution in [1.29, 1.82) is 0 Å². The third kappa shape index (κ3) is 2.68. The summed E-state index contributed by atoms with van der Waals surface area (Å²) in [6.07, 6.45) is 6.53. The van der Waals surface area contributed by atoms with Crippen LogP contribution in [-0.4, -0.2) is 23.1 Å². The average molecular weight is 328 g/mol. The Morgan fingerprint density at radius 1 is 1.04 bits per heavy atom. The summed E-state index contributed by atoms with van der Waals surface area (Å²) in [5.41, 5.74) is 3.30. The number of hydrogen-bond donors (Lipinski definition) is 2. The highest BCUT2D eigenvalue weighted by Gasteiger charge is 2.38. The Morgan fingerprint density at radius 3 is 2.65 bits per heavy atom. The molecule has 1 saturated carbocycles. The van der Waals surface area contributed by atoms with Gasteiger partial charge in [0.1, 0.15) is 0 Å². The monoisotopic (exact) mass is 327 g/mol. The summed E-state index contributed by atoms with van der Waals surface area (Å²) in [6, 6.07) is 10.6. The van der Waals surface area contributed by atoms with Crippen LogP contribution in [-0.2, 0) is 0 Å². The molecule has 5 heteroatoms. The first-order chi connectivity index (χ1) is 11.2. The minimum absolute atomic E-state index is 0.0442. The van der Waals surface area contributed by atoms with Crippen molar-refractivity contribution in [2.24, 2.45) is 0 Å². The molecule has 1 saturated heterocycles. The first-order valence-electron chi connectivity index (χ1n) is 7.98. The normalized spacial score (nSPS) is 26.3. The van der Waals surface area contributed by atoms with Gasteiger partial charge in [-0.15, -0.1) is 0 Å². The van der Waals surface area contributed by atoms with E-state index < -0.39 is 0 Å². The van der Waals surface area contributed by atoms with E-state index in [9.17, 15) is 4.79 Å². The standard InChI is InChI=1S/C18H18ClN3O/c19-17-13(11-6-8-20-9-7-11)2-1-3-14(17)12-4-5-15-16(10-12)22-18(23)21-15/h1-3,6-9,12,15-16H,4-5,10H2,(H2,21,22,23). The smallest absolute Gasteiger partial charge is 0.315 e. The van der Waals surface area contributed by atoms with Crippen molar-refractivity contribution < 1.29 is 4.79 Å². The molecule has 0 radical (unpaired) electrons. The Balaban J connectivity index is 1.64. The number of nitrogens with one attached hydrogen (secondary N) is 2. The molecule has 3 atom stereocenters. The van der Waals surface area contributed by atoms with E-state index in [2.05, 4.69) is 27.8 Å². The molecule has 1 aliphatic carbocycles. The summed E-state index contributed by atoms with van der Waals surface area (Å²) in [4.78, 5) is 15.6. The number of carbonyl (C=O) groups is 1. The predicted octanol–water partition coefficient (Wildman–Crippen LogP) is 3.72. The van der Waals surface area contributed by atoms with Crippen molar-refractivity contribution in [3.8, 4) is 11.1 Å². The maximum atomic E-state index is 11.5. The summed E-state index contributed by atoms with van der Waals surface area (Å²) in [6.45, 7) is 0. The van der Waals surface area contributed by atoms with Crippen molar-refractivity contribution in [2.45, 2.75) is 37.3 Å². The number of nitrogens with zero attached hydrogens (tertiary/aromatic N) is 1. The van der Waals surface area contributed by atoms with Gasteiger partial charge in [-0.2, -0.15) is 0 Å². The molecule has 0 bridgehead atoms. The second-order valence-corrected chi connectivity index (χ2v) is 6.66. The van der Waals surface area contributed by atoms with E-state index in [1.54, 1.807) is 12.4 Å². The van der Waals surface area contributed by atoms with Crippen molar-refractivity contribution in [1.82, 2.24) is 15.6 Å². The number of fused-ring (bicyclic) bond motifs is 1.